The van der Waals surface area contributed by atoms with Crippen LogP contribution in [-0.2, 0) is 23.0 Å². The van der Waals surface area contributed by atoms with Crippen LogP contribution in [0.1, 0.15) is 11.1 Å². The molecule has 2 aromatic rings. The second-order valence-corrected chi connectivity index (χ2v) is 7.65. The maximum atomic E-state index is 11.5. The highest BCUT2D eigenvalue weighted by Gasteiger charge is 2.22. The number of hydrogen-bond acceptors (Lipinski definition) is 3. The number of sulfonamides is 1. The molecule has 0 spiro atoms. The molecule has 1 aliphatic rings. The number of benzene rings is 2. The van der Waals surface area contributed by atoms with Gasteiger partial charge in [-0.1, -0.05) is 35.3 Å². The lowest BCUT2D eigenvalue weighted by Gasteiger charge is -2.20. The first-order valence-corrected chi connectivity index (χ1v) is 8.99. The van der Waals surface area contributed by atoms with Crippen LogP contribution in [0, 0.1) is 0 Å². The van der Waals surface area contributed by atoms with Gasteiger partial charge in [-0.05, 0) is 41.8 Å². The van der Waals surface area contributed by atoms with Crippen LogP contribution >= 0.6 is 23.2 Å². The highest BCUT2D eigenvalue weighted by Crippen LogP contribution is 2.33. The van der Waals surface area contributed by atoms with E-state index < -0.39 is 10.0 Å². The van der Waals surface area contributed by atoms with E-state index in [0.717, 1.165) is 29.8 Å². The molecule has 2 aromatic carbocycles. The molecule has 7 heteroatoms. The van der Waals surface area contributed by atoms with Crippen molar-refractivity contribution in [1.29, 1.82) is 0 Å². The number of hydrogen-bond donors (Lipinski definition) is 1. The number of primary sulfonamides is 1. The Morgan fingerprint density at radius 3 is 2.59 bits per heavy atom. The Hall–Kier alpha value is -1.27. The molecule has 22 heavy (non-hydrogen) atoms. The van der Waals surface area contributed by atoms with E-state index in [2.05, 4.69) is 4.90 Å². The predicted octanol–water partition coefficient (Wildman–Crippen LogP) is 3.20. The Kier molecular flexibility index (Phi) is 4.07. The molecule has 0 amide bonds. The van der Waals surface area contributed by atoms with Crippen molar-refractivity contribution in [2.45, 2.75) is 17.9 Å². The number of anilines is 1. The molecule has 0 aliphatic carbocycles. The standard InChI is InChI=1S/C15H14Cl2N2O2S/c16-12-3-1-11(14(17)7-12)9-19-6-5-10-2-4-13(8-15(10)19)22(18,20)21/h1-4,7-8H,5-6,9H2,(H2,18,20,21). The van der Waals surface area contributed by atoms with Crippen LogP contribution in [0.5, 0.6) is 0 Å². The number of nitrogens with zero attached hydrogens (tertiary/aromatic N) is 1. The van der Waals surface area contributed by atoms with Crippen LogP contribution in [0.4, 0.5) is 5.69 Å². The van der Waals surface area contributed by atoms with Gasteiger partial charge in [0.1, 0.15) is 0 Å². The van der Waals surface area contributed by atoms with E-state index in [1.54, 1.807) is 24.3 Å². The SMILES string of the molecule is NS(=O)(=O)c1ccc2c(c1)N(Cc1ccc(Cl)cc1Cl)CC2. The first kappa shape index (κ1) is 15.6. The molecule has 0 aromatic heterocycles. The van der Waals surface area contributed by atoms with Crippen LogP contribution < -0.4 is 10.0 Å². The van der Waals surface area contributed by atoms with Gasteiger partial charge in [0, 0.05) is 28.8 Å². The molecule has 116 valence electrons. The van der Waals surface area contributed by atoms with E-state index in [-0.39, 0.29) is 4.90 Å². The van der Waals surface area contributed by atoms with Gasteiger partial charge in [0.15, 0.2) is 0 Å². The molecule has 0 saturated heterocycles. The van der Waals surface area contributed by atoms with Crippen molar-refractivity contribution in [2.24, 2.45) is 5.14 Å². The van der Waals surface area contributed by atoms with Crippen LogP contribution in [0.25, 0.3) is 0 Å². The Morgan fingerprint density at radius 1 is 1.14 bits per heavy atom. The molecule has 4 nitrogen and oxygen atoms in total. The molecule has 0 fully saturated rings. The molecule has 1 aliphatic heterocycles. The lowest BCUT2D eigenvalue weighted by Crippen LogP contribution is -2.20. The Bertz CT molecular complexity index is 837. The summed E-state index contributed by atoms with van der Waals surface area (Å²) in [6, 6.07) is 10.4. The van der Waals surface area contributed by atoms with E-state index in [4.69, 9.17) is 28.3 Å². The van der Waals surface area contributed by atoms with Crippen LogP contribution in [0.15, 0.2) is 41.3 Å². The molecule has 3 rings (SSSR count). The number of nitrogens with two attached hydrogens (primary N) is 1. The molecule has 1 heterocycles. The van der Waals surface area contributed by atoms with Gasteiger partial charge in [-0.2, -0.15) is 0 Å². The fourth-order valence-corrected chi connectivity index (χ4v) is 3.62. The average molecular weight is 357 g/mol. The summed E-state index contributed by atoms with van der Waals surface area (Å²) in [6.45, 7) is 1.40. The average Bonchev–Trinajstić information content (AvgIpc) is 2.83. The van der Waals surface area contributed by atoms with Crippen LogP contribution in [-0.4, -0.2) is 15.0 Å². The third-order valence-corrected chi connectivity index (χ3v) is 5.25. The molecule has 0 saturated carbocycles. The minimum Gasteiger partial charge on any atom is -0.367 e. The third-order valence-electron chi connectivity index (χ3n) is 3.75. The van der Waals surface area contributed by atoms with Gasteiger partial charge in [-0.25, -0.2) is 13.6 Å². The van der Waals surface area contributed by atoms with Gasteiger partial charge < -0.3 is 4.90 Å². The molecule has 0 unspecified atom stereocenters. The summed E-state index contributed by atoms with van der Waals surface area (Å²) in [7, 11) is -3.70. The molecule has 0 bridgehead atoms. The van der Waals surface area contributed by atoms with Crippen molar-refractivity contribution in [3.05, 3.63) is 57.6 Å². The molecule has 2 N–H and O–H groups in total. The highest BCUT2D eigenvalue weighted by atomic mass is 35.5. The summed E-state index contributed by atoms with van der Waals surface area (Å²) in [6.07, 6.45) is 0.867. The van der Waals surface area contributed by atoms with E-state index in [1.807, 2.05) is 12.1 Å². The van der Waals surface area contributed by atoms with Crippen molar-refractivity contribution in [2.75, 3.05) is 11.4 Å². The summed E-state index contributed by atoms with van der Waals surface area (Å²) < 4.78 is 23.0. The minimum absolute atomic E-state index is 0.125. The number of fused-ring (bicyclic) bond motifs is 1. The lowest BCUT2D eigenvalue weighted by molar-refractivity contribution is 0.598. The van der Waals surface area contributed by atoms with Crippen LogP contribution in [0.2, 0.25) is 10.0 Å². The van der Waals surface area contributed by atoms with Crippen molar-refractivity contribution >= 4 is 38.9 Å². The van der Waals surface area contributed by atoms with E-state index in [9.17, 15) is 8.42 Å². The van der Waals surface area contributed by atoms with E-state index >= 15 is 0 Å². The topological polar surface area (TPSA) is 63.4 Å². The van der Waals surface area contributed by atoms with E-state index in [0.29, 0.717) is 16.6 Å². The fraction of sp³-hybridized carbons (Fsp3) is 0.200. The largest absolute Gasteiger partial charge is 0.367 e. The summed E-state index contributed by atoms with van der Waals surface area (Å²) >= 11 is 12.1. The van der Waals surface area contributed by atoms with Gasteiger partial charge in [-0.3, -0.25) is 0 Å². The van der Waals surface area contributed by atoms with Crippen LogP contribution in [0.3, 0.4) is 0 Å². The van der Waals surface area contributed by atoms with Gasteiger partial charge in [-0.15, -0.1) is 0 Å². The molecule has 0 atom stereocenters. The quantitative estimate of drug-likeness (QED) is 0.918. The van der Waals surface area contributed by atoms with Gasteiger partial charge in [0.2, 0.25) is 10.0 Å². The van der Waals surface area contributed by atoms with Crippen molar-refractivity contribution in [3.8, 4) is 0 Å². The zero-order valence-corrected chi connectivity index (χ0v) is 13.9. The smallest absolute Gasteiger partial charge is 0.238 e. The van der Waals surface area contributed by atoms with Crippen molar-refractivity contribution in [3.63, 3.8) is 0 Å². The molecular formula is C15H14Cl2N2O2S. The minimum atomic E-state index is -3.70. The third kappa shape index (κ3) is 3.08. The summed E-state index contributed by atoms with van der Waals surface area (Å²) in [5.74, 6) is 0. The van der Waals surface area contributed by atoms with Crippen molar-refractivity contribution in [1.82, 2.24) is 0 Å². The maximum Gasteiger partial charge on any atom is 0.238 e. The van der Waals surface area contributed by atoms with Gasteiger partial charge >= 0.3 is 0 Å². The Labute approximate surface area is 139 Å². The predicted molar refractivity (Wildman–Crippen MR) is 89.0 cm³/mol. The number of rotatable bonds is 3. The molecule has 0 radical (unpaired) electrons. The fourth-order valence-electron chi connectivity index (χ4n) is 2.62. The molecular weight excluding hydrogens is 343 g/mol. The first-order chi connectivity index (χ1) is 10.3. The number of halogens is 2. The Morgan fingerprint density at radius 2 is 1.91 bits per heavy atom. The maximum absolute atomic E-state index is 11.5. The highest BCUT2D eigenvalue weighted by molar-refractivity contribution is 7.89. The van der Waals surface area contributed by atoms with Gasteiger partial charge in [0.25, 0.3) is 0 Å². The second kappa shape index (κ2) is 5.74. The summed E-state index contributed by atoms with van der Waals surface area (Å²) in [5, 5.41) is 6.40. The normalized spacial score (nSPS) is 14.2. The zero-order valence-electron chi connectivity index (χ0n) is 11.6. The first-order valence-electron chi connectivity index (χ1n) is 6.69. The van der Waals surface area contributed by atoms with Crippen molar-refractivity contribution < 1.29 is 8.42 Å². The van der Waals surface area contributed by atoms with E-state index in [1.165, 1.54) is 0 Å². The second-order valence-electron chi connectivity index (χ2n) is 5.24. The summed E-state index contributed by atoms with van der Waals surface area (Å²) in [5.41, 5.74) is 2.94. The lowest BCUT2D eigenvalue weighted by atomic mass is 10.1. The Balaban J connectivity index is 1.93. The monoisotopic (exact) mass is 356 g/mol. The zero-order chi connectivity index (χ0) is 15.9. The summed E-state index contributed by atoms with van der Waals surface area (Å²) in [4.78, 5) is 2.22. The van der Waals surface area contributed by atoms with Gasteiger partial charge in [0.05, 0.1) is 4.90 Å².